The number of rotatable bonds is 10. The van der Waals surface area contributed by atoms with Crippen LogP contribution in [0.4, 0.5) is 0 Å². The van der Waals surface area contributed by atoms with E-state index in [1.54, 1.807) is 9.80 Å². The van der Waals surface area contributed by atoms with Gasteiger partial charge in [-0.25, -0.2) is 0 Å². The molecule has 2 aliphatic carbocycles. The lowest BCUT2D eigenvalue weighted by molar-refractivity contribution is -0.134. The van der Waals surface area contributed by atoms with E-state index < -0.39 is 0 Å². The van der Waals surface area contributed by atoms with Crippen LogP contribution < -0.4 is 10.6 Å². The zero-order valence-corrected chi connectivity index (χ0v) is 26.3. The van der Waals surface area contributed by atoms with Crippen molar-refractivity contribution in [2.45, 2.75) is 66.2 Å². The summed E-state index contributed by atoms with van der Waals surface area (Å²) in [6.07, 6.45) is 8.91. The van der Waals surface area contributed by atoms with Crippen LogP contribution in [0.3, 0.4) is 0 Å². The maximum Gasteiger partial charge on any atom is 0.257 e. The first kappa shape index (κ1) is 32.7. The van der Waals surface area contributed by atoms with Crippen LogP contribution in [-0.4, -0.2) is 98.9 Å². The molecular formula is C33H48N4O6. The molecule has 2 amide bonds. The van der Waals surface area contributed by atoms with Crippen LogP contribution >= 0.6 is 0 Å². The van der Waals surface area contributed by atoms with Crippen molar-refractivity contribution in [3.05, 3.63) is 45.8 Å². The Labute approximate surface area is 255 Å². The first-order chi connectivity index (χ1) is 20.6. The number of amides is 2. The van der Waals surface area contributed by atoms with Gasteiger partial charge in [-0.15, -0.1) is 0 Å². The molecule has 10 nitrogen and oxygen atoms in total. The number of carbonyl (C=O) groups excluding carboxylic acids is 4. The SMILES string of the molecule is CC(=O)/C(C(=O)N1CCOCC1)=C1/C=C(NCC(C)(C)CNC2=C/C(=C(\C(C)=O)C(=O)N3CCOCC3)CCC2)CCC1. The number of carbonyl (C=O) groups is 4. The quantitative estimate of drug-likeness (QED) is 0.225. The molecule has 10 heteroatoms. The average molecular weight is 597 g/mol. The number of hydrogen-bond donors (Lipinski definition) is 2. The number of allylic oxidation sites excluding steroid dienone is 6. The molecule has 236 valence electrons. The highest BCUT2D eigenvalue weighted by molar-refractivity contribution is 6.20. The third-order valence-electron chi connectivity index (χ3n) is 8.44. The number of nitrogens with one attached hydrogen (secondary N) is 2. The molecule has 0 unspecified atom stereocenters. The number of ketones is 2. The lowest BCUT2D eigenvalue weighted by Gasteiger charge is -2.31. The van der Waals surface area contributed by atoms with Crippen molar-refractivity contribution < 1.29 is 28.7 Å². The van der Waals surface area contributed by atoms with Gasteiger partial charge < -0.3 is 29.9 Å². The molecule has 2 heterocycles. The van der Waals surface area contributed by atoms with Crippen molar-refractivity contribution >= 4 is 23.4 Å². The minimum atomic E-state index is -0.193. The Morgan fingerprint density at radius 3 is 1.40 bits per heavy atom. The minimum Gasteiger partial charge on any atom is -0.388 e. The van der Waals surface area contributed by atoms with Gasteiger partial charge in [-0.3, -0.25) is 19.2 Å². The van der Waals surface area contributed by atoms with E-state index >= 15 is 0 Å². The molecule has 0 aromatic carbocycles. The van der Waals surface area contributed by atoms with Gasteiger partial charge in [0, 0.05) is 50.7 Å². The lowest BCUT2D eigenvalue weighted by atomic mass is 9.89. The van der Waals surface area contributed by atoms with Crippen LogP contribution in [0.5, 0.6) is 0 Å². The lowest BCUT2D eigenvalue weighted by Crippen LogP contribution is -2.42. The fourth-order valence-electron chi connectivity index (χ4n) is 5.97. The third-order valence-corrected chi connectivity index (χ3v) is 8.44. The molecule has 2 N–H and O–H groups in total. The molecule has 4 aliphatic rings. The van der Waals surface area contributed by atoms with Crippen molar-refractivity contribution in [2.24, 2.45) is 5.41 Å². The number of morpholine rings is 2. The molecule has 43 heavy (non-hydrogen) atoms. The standard InChI is InChI=1S/C33H48N4O6/c1-23(38)29(31(40)36-11-15-42-16-12-36)25-7-5-9-27(19-25)34-21-33(3,4)22-35-28-10-6-8-26(20-28)30(24(2)39)32(41)37-13-17-43-18-14-37/h19-20,34-35H,5-18,21-22H2,1-4H3/b29-25-,30-26+. The van der Waals surface area contributed by atoms with E-state index in [0.29, 0.717) is 89.7 Å². The van der Waals surface area contributed by atoms with Crippen molar-refractivity contribution in [3.8, 4) is 0 Å². The van der Waals surface area contributed by atoms with Crippen LogP contribution in [0.1, 0.15) is 66.2 Å². The van der Waals surface area contributed by atoms with E-state index in [1.807, 2.05) is 12.2 Å². The largest absolute Gasteiger partial charge is 0.388 e. The van der Waals surface area contributed by atoms with E-state index in [0.717, 1.165) is 48.2 Å². The molecule has 2 fully saturated rings. The van der Waals surface area contributed by atoms with Crippen molar-refractivity contribution in [3.63, 3.8) is 0 Å². The maximum absolute atomic E-state index is 13.2. The van der Waals surface area contributed by atoms with Crippen LogP contribution in [0.25, 0.3) is 0 Å². The Bertz CT molecular complexity index is 1120. The Hall–Kier alpha value is -3.24. The predicted octanol–water partition coefficient (Wildman–Crippen LogP) is 2.82. The monoisotopic (exact) mass is 596 g/mol. The summed E-state index contributed by atoms with van der Waals surface area (Å²) in [5, 5.41) is 7.16. The summed E-state index contributed by atoms with van der Waals surface area (Å²) < 4.78 is 10.7. The molecular weight excluding hydrogens is 548 g/mol. The summed E-state index contributed by atoms with van der Waals surface area (Å²) in [4.78, 5) is 55.0. The number of hydrogen-bond acceptors (Lipinski definition) is 8. The predicted molar refractivity (Wildman–Crippen MR) is 164 cm³/mol. The molecule has 2 saturated heterocycles. The number of ether oxygens (including phenoxy) is 2. The van der Waals surface area contributed by atoms with Crippen LogP contribution in [0.2, 0.25) is 0 Å². The maximum atomic E-state index is 13.2. The third kappa shape index (κ3) is 8.89. The highest BCUT2D eigenvalue weighted by Crippen LogP contribution is 2.28. The topological polar surface area (TPSA) is 117 Å². The summed E-state index contributed by atoms with van der Waals surface area (Å²) in [5.41, 5.74) is 4.18. The van der Waals surface area contributed by atoms with Crippen molar-refractivity contribution in [1.82, 2.24) is 20.4 Å². The van der Waals surface area contributed by atoms with Crippen LogP contribution in [-0.2, 0) is 28.7 Å². The Morgan fingerprint density at radius 2 is 1.05 bits per heavy atom. The Kier molecular flexibility index (Phi) is 11.4. The molecule has 0 radical (unpaired) electrons. The Morgan fingerprint density at radius 1 is 0.674 bits per heavy atom. The highest BCUT2D eigenvalue weighted by atomic mass is 16.5. The molecule has 2 aliphatic heterocycles. The average Bonchev–Trinajstić information content (AvgIpc) is 3.00. The summed E-state index contributed by atoms with van der Waals surface area (Å²) in [7, 11) is 0. The van der Waals surface area contributed by atoms with Gasteiger partial charge in [-0.05, 0) is 81.1 Å². The van der Waals surface area contributed by atoms with Crippen LogP contribution in [0, 0.1) is 5.41 Å². The van der Waals surface area contributed by atoms with E-state index in [9.17, 15) is 19.2 Å². The normalized spacial score (nSPS) is 22.2. The van der Waals surface area contributed by atoms with Gasteiger partial charge >= 0.3 is 0 Å². The molecule has 0 aromatic heterocycles. The van der Waals surface area contributed by atoms with Gasteiger partial charge in [-0.1, -0.05) is 13.8 Å². The van der Waals surface area contributed by atoms with E-state index in [-0.39, 0.29) is 28.8 Å². The molecule has 0 atom stereocenters. The first-order valence-electron chi connectivity index (χ1n) is 15.7. The van der Waals surface area contributed by atoms with Gasteiger partial charge in [0.15, 0.2) is 11.6 Å². The molecule has 0 spiro atoms. The van der Waals surface area contributed by atoms with Crippen molar-refractivity contribution in [1.29, 1.82) is 0 Å². The van der Waals surface area contributed by atoms with Gasteiger partial charge in [0.2, 0.25) is 0 Å². The summed E-state index contributed by atoms with van der Waals surface area (Å²) in [6, 6.07) is 0. The minimum absolute atomic E-state index is 0.121. The zero-order chi connectivity index (χ0) is 31.0. The smallest absolute Gasteiger partial charge is 0.257 e. The van der Waals surface area contributed by atoms with Gasteiger partial charge in [0.1, 0.15) is 0 Å². The van der Waals surface area contributed by atoms with Gasteiger partial charge in [0.25, 0.3) is 11.8 Å². The first-order valence-corrected chi connectivity index (χ1v) is 15.7. The number of Topliss-reactive ketones (excluding diaryl/α,β-unsaturated/α-hetero) is 2. The second kappa shape index (κ2) is 15.0. The van der Waals surface area contributed by atoms with Gasteiger partial charge in [-0.2, -0.15) is 0 Å². The van der Waals surface area contributed by atoms with E-state index in [4.69, 9.17) is 9.47 Å². The second-order valence-corrected chi connectivity index (χ2v) is 12.6. The Balaban J connectivity index is 1.40. The van der Waals surface area contributed by atoms with E-state index in [1.165, 1.54) is 13.8 Å². The molecule has 0 saturated carbocycles. The summed E-state index contributed by atoms with van der Waals surface area (Å²) in [6.45, 7) is 12.7. The summed E-state index contributed by atoms with van der Waals surface area (Å²) >= 11 is 0. The number of nitrogens with zero attached hydrogens (tertiary/aromatic N) is 2. The zero-order valence-electron chi connectivity index (χ0n) is 26.3. The summed E-state index contributed by atoms with van der Waals surface area (Å²) in [5.74, 6) is -0.771. The van der Waals surface area contributed by atoms with Crippen molar-refractivity contribution in [2.75, 3.05) is 65.7 Å². The fraction of sp³-hybridized carbons (Fsp3) is 0.636. The molecule has 0 bridgehead atoms. The molecule has 0 aromatic rings. The highest BCUT2D eigenvalue weighted by Gasteiger charge is 2.29. The fourth-order valence-corrected chi connectivity index (χ4v) is 5.97. The van der Waals surface area contributed by atoms with E-state index in [2.05, 4.69) is 24.5 Å². The van der Waals surface area contributed by atoms with Crippen LogP contribution in [0.15, 0.2) is 45.8 Å². The second-order valence-electron chi connectivity index (χ2n) is 12.6. The molecule has 4 rings (SSSR count). The van der Waals surface area contributed by atoms with Gasteiger partial charge in [0.05, 0.1) is 37.6 Å².